The van der Waals surface area contributed by atoms with Crippen LogP contribution in [0.2, 0.25) is 5.02 Å². The van der Waals surface area contributed by atoms with E-state index in [1.54, 1.807) is 0 Å². The molecule has 1 unspecified atom stereocenters. The average Bonchev–Trinajstić information content (AvgIpc) is 2.71. The van der Waals surface area contributed by atoms with Crippen LogP contribution in [-0.2, 0) is 0 Å². The Kier molecular flexibility index (Phi) is 4.40. The monoisotopic (exact) mass is 312 g/mol. The Labute approximate surface area is 125 Å². The summed E-state index contributed by atoms with van der Waals surface area (Å²) in [6, 6.07) is 3.69. The molecule has 1 N–H and O–H groups in total. The van der Waals surface area contributed by atoms with Gasteiger partial charge in [-0.3, -0.25) is 4.79 Å². The standard InChI is InChI=1S/C14H14ClFN2OS/c1-7-13(20-9(3)17-7)8(2)18-14(19)11-6-10(15)4-5-12(11)16/h4-6,8H,1-3H3,(H,18,19). The summed E-state index contributed by atoms with van der Waals surface area (Å²) in [6.45, 7) is 5.65. The maximum Gasteiger partial charge on any atom is 0.254 e. The van der Waals surface area contributed by atoms with Crippen LogP contribution in [0.15, 0.2) is 18.2 Å². The van der Waals surface area contributed by atoms with E-state index in [-0.39, 0.29) is 11.6 Å². The first-order chi connectivity index (χ1) is 9.38. The number of amides is 1. The van der Waals surface area contributed by atoms with E-state index in [1.807, 2.05) is 20.8 Å². The lowest BCUT2D eigenvalue weighted by molar-refractivity contribution is 0.0936. The zero-order valence-corrected chi connectivity index (χ0v) is 12.9. The fourth-order valence-corrected chi connectivity index (χ4v) is 3.06. The van der Waals surface area contributed by atoms with Gasteiger partial charge in [0.25, 0.3) is 5.91 Å². The molecule has 6 heteroatoms. The first kappa shape index (κ1) is 14.9. The number of halogens is 2. The molecule has 2 rings (SSSR count). The van der Waals surface area contributed by atoms with Gasteiger partial charge in [-0.15, -0.1) is 11.3 Å². The lowest BCUT2D eigenvalue weighted by Gasteiger charge is -2.13. The number of rotatable bonds is 3. The molecule has 0 spiro atoms. The van der Waals surface area contributed by atoms with Crippen LogP contribution < -0.4 is 5.32 Å². The number of carbonyl (C=O) groups is 1. The van der Waals surface area contributed by atoms with E-state index >= 15 is 0 Å². The number of benzene rings is 1. The van der Waals surface area contributed by atoms with Crippen LogP contribution in [0.3, 0.4) is 0 Å². The van der Waals surface area contributed by atoms with Gasteiger partial charge in [-0.2, -0.15) is 0 Å². The van der Waals surface area contributed by atoms with E-state index in [9.17, 15) is 9.18 Å². The van der Waals surface area contributed by atoms with Gasteiger partial charge in [0.15, 0.2) is 0 Å². The minimum atomic E-state index is -0.587. The summed E-state index contributed by atoms with van der Waals surface area (Å²) in [6.07, 6.45) is 0. The van der Waals surface area contributed by atoms with Gasteiger partial charge in [-0.1, -0.05) is 11.6 Å². The van der Waals surface area contributed by atoms with Crippen LogP contribution in [0, 0.1) is 19.7 Å². The zero-order chi connectivity index (χ0) is 14.9. The van der Waals surface area contributed by atoms with Crippen molar-refractivity contribution in [2.75, 3.05) is 0 Å². The molecule has 0 saturated carbocycles. The van der Waals surface area contributed by atoms with Gasteiger partial charge >= 0.3 is 0 Å². The Hall–Kier alpha value is -1.46. The lowest BCUT2D eigenvalue weighted by atomic mass is 10.1. The van der Waals surface area contributed by atoms with Gasteiger partial charge in [0.2, 0.25) is 0 Å². The molecule has 1 atom stereocenters. The van der Waals surface area contributed by atoms with Crippen molar-refractivity contribution < 1.29 is 9.18 Å². The third-order valence-electron chi connectivity index (χ3n) is 2.85. The van der Waals surface area contributed by atoms with E-state index in [2.05, 4.69) is 10.3 Å². The zero-order valence-electron chi connectivity index (χ0n) is 11.3. The summed E-state index contributed by atoms with van der Waals surface area (Å²) in [5.41, 5.74) is 0.829. The van der Waals surface area contributed by atoms with Crippen molar-refractivity contribution in [3.05, 3.63) is 50.2 Å². The molecular formula is C14H14ClFN2OS. The average molecular weight is 313 g/mol. The van der Waals surface area contributed by atoms with E-state index in [0.717, 1.165) is 15.6 Å². The van der Waals surface area contributed by atoms with Crippen molar-refractivity contribution in [1.82, 2.24) is 10.3 Å². The third kappa shape index (κ3) is 3.16. The summed E-state index contributed by atoms with van der Waals surface area (Å²) in [7, 11) is 0. The molecule has 1 heterocycles. The van der Waals surface area contributed by atoms with Crippen molar-refractivity contribution in [2.24, 2.45) is 0 Å². The van der Waals surface area contributed by atoms with E-state index in [1.165, 1.54) is 29.5 Å². The minimum absolute atomic E-state index is 0.0526. The number of nitrogens with zero attached hydrogens (tertiary/aromatic N) is 1. The predicted octanol–water partition coefficient (Wildman–Crippen LogP) is 4.04. The molecule has 0 aliphatic rings. The van der Waals surface area contributed by atoms with Gasteiger partial charge in [-0.25, -0.2) is 9.37 Å². The summed E-state index contributed by atoms with van der Waals surface area (Å²) in [5, 5.41) is 4.03. The van der Waals surface area contributed by atoms with Gasteiger partial charge < -0.3 is 5.32 Å². The fourth-order valence-electron chi connectivity index (χ4n) is 1.96. The number of aromatic nitrogens is 1. The molecule has 1 amide bonds. The maximum absolute atomic E-state index is 13.6. The van der Waals surface area contributed by atoms with Crippen LogP contribution in [0.5, 0.6) is 0 Å². The molecular weight excluding hydrogens is 299 g/mol. The molecule has 0 aliphatic carbocycles. The van der Waals surface area contributed by atoms with Gasteiger partial charge in [-0.05, 0) is 39.0 Å². The van der Waals surface area contributed by atoms with E-state index < -0.39 is 11.7 Å². The Morgan fingerprint density at radius 1 is 1.45 bits per heavy atom. The molecule has 0 bridgehead atoms. The summed E-state index contributed by atoms with van der Waals surface area (Å²) >= 11 is 7.31. The quantitative estimate of drug-likeness (QED) is 0.929. The van der Waals surface area contributed by atoms with Crippen molar-refractivity contribution >= 4 is 28.8 Å². The molecule has 106 valence electrons. The fraction of sp³-hybridized carbons (Fsp3) is 0.286. The Morgan fingerprint density at radius 3 is 2.75 bits per heavy atom. The lowest BCUT2D eigenvalue weighted by Crippen LogP contribution is -2.27. The highest BCUT2D eigenvalue weighted by molar-refractivity contribution is 7.11. The van der Waals surface area contributed by atoms with Crippen molar-refractivity contribution in [2.45, 2.75) is 26.8 Å². The van der Waals surface area contributed by atoms with Gasteiger partial charge in [0, 0.05) is 9.90 Å². The normalized spacial score (nSPS) is 12.2. The van der Waals surface area contributed by atoms with E-state index in [0.29, 0.717) is 5.02 Å². The van der Waals surface area contributed by atoms with Crippen molar-refractivity contribution in [3.63, 3.8) is 0 Å². The van der Waals surface area contributed by atoms with Crippen LogP contribution in [0.1, 0.15) is 38.9 Å². The Morgan fingerprint density at radius 2 is 2.15 bits per heavy atom. The van der Waals surface area contributed by atoms with Gasteiger partial charge in [0.1, 0.15) is 5.82 Å². The Bertz CT molecular complexity index is 657. The highest BCUT2D eigenvalue weighted by Crippen LogP contribution is 2.25. The van der Waals surface area contributed by atoms with Crippen LogP contribution >= 0.6 is 22.9 Å². The van der Waals surface area contributed by atoms with Crippen molar-refractivity contribution in [3.8, 4) is 0 Å². The molecule has 0 radical (unpaired) electrons. The van der Waals surface area contributed by atoms with E-state index in [4.69, 9.17) is 11.6 Å². The SMILES string of the molecule is Cc1nc(C)c(C(C)NC(=O)c2cc(Cl)ccc2F)s1. The smallest absolute Gasteiger partial charge is 0.254 e. The second-order valence-corrected chi connectivity index (χ2v) is 6.17. The number of hydrogen-bond donors (Lipinski definition) is 1. The number of hydrogen-bond acceptors (Lipinski definition) is 3. The second kappa shape index (κ2) is 5.89. The maximum atomic E-state index is 13.6. The number of nitrogens with one attached hydrogen (secondary N) is 1. The molecule has 0 saturated heterocycles. The highest BCUT2D eigenvalue weighted by atomic mass is 35.5. The summed E-state index contributed by atoms with van der Waals surface area (Å²) in [4.78, 5) is 17.4. The molecule has 1 aromatic carbocycles. The topological polar surface area (TPSA) is 42.0 Å². The number of carbonyl (C=O) groups excluding carboxylic acids is 1. The molecule has 0 fully saturated rings. The molecule has 2 aromatic rings. The largest absolute Gasteiger partial charge is 0.345 e. The molecule has 3 nitrogen and oxygen atoms in total. The van der Waals surface area contributed by atoms with Gasteiger partial charge in [0.05, 0.1) is 22.3 Å². The summed E-state index contributed by atoms with van der Waals surface area (Å²) in [5.74, 6) is -1.07. The first-order valence-electron chi connectivity index (χ1n) is 6.08. The first-order valence-corrected chi connectivity index (χ1v) is 7.27. The third-order valence-corrected chi connectivity index (χ3v) is 4.34. The van der Waals surface area contributed by atoms with Crippen LogP contribution in [0.25, 0.3) is 0 Å². The minimum Gasteiger partial charge on any atom is -0.345 e. The Balaban J connectivity index is 2.19. The molecule has 1 aromatic heterocycles. The highest BCUT2D eigenvalue weighted by Gasteiger charge is 2.18. The molecule has 0 aliphatic heterocycles. The predicted molar refractivity (Wildman–Crippen MR) is 78.9 cm³/mol. The second-order valence-electron chi connectivity index (χ2n) is 4.50. The van der Waals surface area contributed by atoms with Crippen LogP contribution in [-0.4, -0.2) is 10.9 Å². The van der Waals surface area contributed by atoms with Crippen LogP contribution in [0.4, 0.5) is 4.39 Å². The molecule has 20 heavy (non-hydrogen) atoms. The number of aryl methyl sites for hydroxylation is 2. The number of thiazole rings is 1. The van der Waals surface area contributed by atoms with Crippen molar-refractivity contribution in [1.29, 1.82) is 0 Å². The summed E-state index contributed by atoms with van der Waals surface area (Å²) < 4.78 is 13.6.